The van der Waals surface area contributed by atoms with Crippen LogP contribution in [0, 0.1) is 0 Å². The van der Waals surface area contributed by atoms with Gasteiger partial charge in [-0.3, -0.25) is 14.5 Å². The van der Waals surface area contributed by atoms with Crippen molar-refractivity contribution >= 4 is 39.1 Å². The minimum Gasteiger partial charge on any atom is -0.507 e. The molecule has 1 N–H and O–H groups in total. The van der Waals surface area contributed by atoms with Gasteiger partial charge in [-0.15, -0.1) is 0 Å². The van der Waals surface area contributed by atoms with Crippen molar-refractivity contribution in [3.05, 3.63) is 106 Å². The molecule has 3 aromatic rings. The van der Waals surface area contributed by atoms with Gasteiger partial charge >= 0.3 is 0 Å². The van der Waals surface area contributed by atoms with Crippen LogP contribution in [0.4, 0.5) is 5.69 Å². The Morgan fingerprint density at radius 1 is 0.821 bits per heavy atom. The van der Waals surface area contributed by atoms with Gasteiger partial charge in [0.25, 0.3) is 11.7 Å². The molecule has 138 valence electrons. The van der Waals surface area contributed by atoms with Gasteiger partial charge in [0, 0.05) is 15.7 Å². The number of aliphatic hydroxyl groups is 1. The number of carbonyl (C=O) groups excluding carboxylic acids is 2. The molecule has 4 nitrogen and oxygen atoms in total. The van der Waals surface area contributed by atoms with Crippen molar-refractivity contribution in [2.45, 2.75) is 6.04 Å². The summed E-state index contributed by atoms with van der Waals surface area (Å²) in [5.41, 5.74) is 1.93. The molecule has 0 saturated carbocycles. The summed E-state index contributed by atoms with van der Waals surface area (Å²) in [4.78, 5) is 27.3. The molecule has 1 saturated heterocycles. The monoisotopic (exact) mass is 433 g/mol. The van der Waals surface area contributed by atoms with E-state index >= 15 is 0 Å². The Bertz CT molecular complexity index is 1060. The zero-order chi connectivity index (χ0) is 19.7. The largest absolute Gasteiger partial charge is 0.507 e. The van der Waals surface area contributed by atoms with E-state index in [2.05, 4.69) is 15.9 Å². The van der Waals surface area contributed by atoms with Gasteiger partial charge in [0.05, 0.1) is 11.6 Å². The van der Waals surface area contributed by atoms with Crippen LogP contribution in [-0.2, 0) is 9.59 Å². The fraction of sp³-hybridized carbons (Fsp3) is 0.0435. The molecular formula is C23H16BrNO3. The highest BCUT2D eigenvalue weighted by Crippen LogP contribution is 2.41. The maximum atomic E-state index is 12.9. The fourth-order valence-electron chi connectivity index (χ4n) is 3.40. The lowest BCUT2D eigenvalue weighted by Crippen LogP contribution is -2.29. The Morgan fingerprint density at radius 2 is 1.39 bits per heavy atom. The summed E-state index contributed by atoms with van der Waals surface area (Å²) < 4.78 is 0.855. The number of anilines is 1. The van der Waals surface area contributed by atoms with E-state index in [-0.39, 0.29) is 11.3 Å². The van der Waals surface area contributed by atoms with Crippen molar-refractivity contribution in [2.24, 2.45) is 0 Å². The minimum atomic E-state index is -0.702. The number of halogens is 1. The summed E-state index contributed by atoms with van der Waals surface area (Å²) in [6.07, 6.45) is 0. The molecule has 28 heavy (non-hydrogen) atoms. The standard InChI is InChI=1S/C23H16BrNO3/c24-17-13-11-16(12-14-17)21(26)19-20(15-7-3-1-4-8-15)25(23(28)22(19)27)18-9-5-2-6-10-18/h1-14,20,26H/b21-19+/t20-/m1/s1. The molecular weight excluding hydrogens is 418 g/mol. The summed E-state index contributed by atoms with van der Waals surface area (Å²) >= 11 is 3.36. The molecule has 1 aliphatic heterocycles. The van der Waals surface area contributed by atoms with Gasteiger partial charge in [-0.05, 0) is 29.8 Å². The number of nitrogens with zero attached hydrogens (tertiary/aromatic N) is 1. The van der Waals surface area contributed by atoms with Gasteiger partial charge < -0.3 is 5.11 Å². The molecule has 0 bridgehead atoms. The normalized spacial score (nSPS) is 18.5. The number of Topliss-reactive ketones (excluding diaryl/α,β-unsaturated/α-hetero) is 1. The summed E-state index contributed by atoms with van der Waals surface area (Å²) in [5.74, 6) is -1.53. The topological polar surface area (TPSA) is 57.6 Å². The Morgan fingerprint density at radius 3 is 2.00 bits per heavy atom. The van der Waals surface area contributed by atoms with E-state index in [1.54, 1.807) is 36.4 Å². The number of aliphatic hydroxyl groups excluding tert-OH is 1. The number of rotatable bonds is 3. The van der Waals surface area contributed by atoms with E-state index in [1.165, 1.54) is 4.90 Å². The third-order valence-corrected chi connectivity index (χ3v) is 5.24. The molecule has 5 heteroatoms. The van der Waals surface area contributed by atoms with Crippen LogP contribution in [0.3, 0.4) is 0 Å². The van der Waals surface area contributed by atoms with E-state index < -0.39 is 17.7 Å². The molecule has 1 fully saturated rings. The van der Waals surface area contributed by atoms with Crippen molar-refractivity contribution in [1.82, 2.24) is 0 Å². The van der Waals surface area contributed by atoms with Gasteiger partial charge in [0.2, 0.25) is 0 Å². The Kier molecular flexibility index (Phi) is 4.84. The average Bonchev–Trinajstić information content (AvgIpc) is 3.00. The average molecular weight is 434 g/mol. The molecule has 0 spiro atoms. The predicted molar refractivity (Wildman–Crippen MR) is 112 cm³/mol. The van der Waals surface area contributed by atoms with Gasteiger partial charge in [0.15, 0.2) is 0 Å². The van der Waals surface area contributed by atoms with Crippen LogP contribution in [0.15, 0.2) is 95.0 Å². The molecule has 0 aromatic heterocycles. The second-order valence-electron chi connectivity index (χ2n) is 6.42. The summed E-state index contributed by atoms with van der Waals surface area (Å²) in [5, 5.41) is 11.0. The van der Waals surface area contributed by atoms with Crippen molar-refractivity contribution in [2.75, 3.05) is 4.90 Å². The molecule has 1 atom stereocenters. The third kappa shape index (κ3) is 3.14. The van der Waals surface area contributed by atoms with E-state index in [4.69, 9.17) is 0 Å². The number of para-hydroxylation sites is 1. The summed E-state index contributed by atoms with van der Waals surface area (Å²) in [6, 6.07) is 24.6. The molecule has 0 unspecified atom stereocenters. The van der Waals surface area contributed by atoms with Gasteiger partial charge in [-0.1, -0.05) is 76.6 Å². The lowest BCUT2D eigenvalue weighted by molar-refractivity contribution is -0.132. The lowest BCUT2D eigenvalue weighted by Gasteiger charge is -2.25. The molecule has 4 rings (SSSR count). The maximum Gasteiger partial charge on any atom is 0.300 e. The number of carbonyl (C=O) groups is 2. The van der Waals surface area contributed by atoms with Gasteiger partial charge in [-0.2, -0.15) is 0 Å². The van der Waals surface area contributed by atoms with Crippen molar-refractivity contribution in [3.8, 4) is 0 Å². The van der Waals surface area contributed by atoms with Crippen LogP contribution in [-0.4, -0.2) is 16.8 Å². The van der Waals surface area contributed by atoms with Crippen molar-refractivity contribution < 1.29 is 14.7 Å². The van der Waals surface area contributed by atoms with Crippen LogP contribution in [0.25, 0.3) is 5.76 Å². The maximum absolute atomic E-state index is 12.9. The first kappa shape index (κ1) is 18.2. The molecule has 1 amide bonds. The zero-order valence-electron chi connectivity index (χ0n) is 14.7. The van der Waals surface area contributed by atoms with E-state index in [0.29, 0.717) is 11.3 Å². The first-order valence-corrected chi connectivity index (χ1v) is 9.54. The highest BCUT2D eigenvalue weighted by Gasteiger charge is 2.46. The number of hydrogen-bond donors (Lipinski definition) is 1. The summed E-state index contributed by atoms with van der Waals surface area (Å²) in [6.45, 7) is 0. The highest BCUT2D eigenvalue weighted by atomic mass is 79.9. The van der Waals surface area contributed by atoms with E-state index in [1.807, 2.05) is 48.5 Å². The first-order chi connectivity index (χ1) is 13.6. The Hall–Kier alpha value is -3.18. The van der Waals surface area contributed by atoms with Crippen molar-refractivity contribution in [1.29, 1.82) is 0 Å². The molecule has 1 heterocycles. The van der Waals surface area contributed by atoms with Gasteiger partial charge in [-0.25, -0.2) is 0 Å². The van der Waals surface area contributed by atoms with Crippen molar-refractivity contribution in [3.63, 3.8) is 0 Å². The second kappa shape index (κ2) is 7.44. The number of amides is 1. The quantitative estimate of drug-likeness (QED) is 0.356. The lowest BCUT2D eigenvalue weighted by atomic mass is 9.95. The molecule has 0 radical (unpaired) electrons. The number of hydrogen-bond acceptors (Lipinski definition) is 3. The Balaban J connectivity index is 1.94. The smallest absolute Gasteiger partial charge is 0.300 e. The number of benzene rings is 3. The minimum absolute atomic E-state index is 0.0855. The zero-order valence-corrected chi connectivity index (χ0v) is 16.3. The van der Waals surface area contributed by atoms with E-state index in [0.717, 1.165) is 10.0 Å². The van der Waals surface area contributed by atoms with Crippen LogP contribution in [0.1, 0.15) is 17.2 Å². The van der Waals surface area contributed by atoms with Crippen LogP contribution in [0.2, 0.25) is 0 Å². The third-order valence-electron chi connectivity index (χ3n) is 4.71. The van der Waals surface area contributed by atoms with Gasteiger partial charge in [0.1, 0.15) is 5.76 Å². The highest BCUT2D eigenvalue weighted by molar-refractivity contribution is 9.10. The van der Waals surface area contributed by atoms with Crippen LogP contribution < -0.4 is 4.90 Å². The summed E-state index contributed by atoms with van der Waals surface area (Å²) in [7, 11) is 0. The first-order valence-electron chi connectivity index (χ1n) is 8.75. The molecule has 1 aliphatic rings. The second-order valence-corrected chi connectivity index (χ2v) is 7.34. The van der Waals surface area contributed by atoms with Crippen LogP contribution >= 0.6 is 15.9 Å². The van der Waals surface area contributed by atoms with Crippen LogP contribution in [0.5, 0.6) is 0 Å². The SMILES string of the molecule is O=C1C(=O)N(c2ccccc2)[C@H](c2ccccc2)/C1=C(\O)c1ccc(Br)cc1. The molecule has 0 aliphatic carbocycles. The van der Waals surface area contributed by atoms with E-state index in [9.17, 15) is 14.7 Å². The fourth-order valence-corrected chi connectivity index (χ4v) is 3.67. The predicted octanol–water partition coefficient (Wildman–Crippen LogP) is 5.08. The Labute approximate surface area is 170 Å². The number of ketones is 1. The molecule has 3 aromatic carbocycles.